The Kier molecular flexibility index (Phi) is 5.81. The molecule has 1 N–H and O–H groups in total. The quantitative estimate of drug-likeness (QED) is 0.460. The molecule has 0 aliphatic heterocycles. The maximum atomic E-state index is 12.6. The van der Waals surface area contributed by atoms with Gasteiger partial charge in [0.15, 0.2) is 5.82 Å². The van der Waals surface area contributed by atoms with E-state index in [-0.39, 0.29) is 16.3 Å². The van der Waals surface area contributed by atoms with Gasteiger partial charge in [-0.1, -0.05) is 12.1 Å². The number of rotatable bonds is 6. The van der Waals surface area contributed by atoms with Crippen molar-refractivity contribution in [3.8, 4) is 23.5 Å². The van der Waals surface area contributed by atoms with Crippen LogP contribution in [-0.4, -0.2) is 28.4 Å². The molecule has 0 amide bonds. The third-order valence-corrected chi connectivity index (χ3v) is 6.56. The second kappa shape index (κ2) is 8.72. The van der Waals surface area contributed by atoms with Gasteiger partial charge in [-0.2, -0.15) is 10.4 Å². The lowest BCUT2D eigenvalue weighted by atomic mass is 10.2. The summed E-state index contributed by atoms with van der Waals surface area (Å²) in [5.41, 5.74) is 3.43. The molecule has 0 unspecified atom stereocenters. The van der Waals surface area contributed by atoms with Gasteiger partial charge in [0.2, 0.25) is 5.88 Å². The van der Waals surface area contributed by atoms with Crippen molar-refractivity contribution in [1.29, 1.82) is 5.26 Å². The van der Waals surface area contributed by atoms with Crippen LogP contribution in [-0.2, 0) is 10.0 Å². The van der Waals surface area contributed by atoms with Gasteiger partial charge in [-0.15, -0.1) is 10.2 Å². The Labute approximate surface area is 191 Å². The summed E-state index contributed by atoms with van der Waals surface area (Å²) < 4.78 is 35.2. The number of aryl methyl sites for hydroxylation is 1. The molecule has 0 aliphatic rings. The smallest absolute Gasteiger partial charge is 0.263 e. The van der Waals surface area contributed by atoms with Crippen molar-refractivity contribution < 1.29 is 13.2 Å². The van der Waals surface area contributed by atoms with E-state index in [0.717, 1.165) is 17.0 Å². The summed E-state index contributed by atoms with van der Waals surface area (Å²) in [5.74, 6) is 1.33. The van der Waals surface area contributed by atoms with Crippen LogP contribution in [0.5, 0.6) is 11.6 Å². The van der Waals surface area contributed by atoms with E-state index in [1.807, 2.05) is 26.8 Å². The normalized spacial score (nSPS) is 11.1. The Hall–Kier alpha value is -4.23. The molecular formula is C23H20N6O3S. The van der Waals surface area contributed by atoms with Crippen LogP contribution in [0.15, 0.2) is 65.6 Å². The summed E-state index contributed by atoms with van der Waals surface area (Å²) in [5, 5.41) is 21.9. The Morgan fingerprint density at radius 2 is 1.70 bits per heavy atom. The van der Waals surface area contributed by atoms with Gasteiger partial charge in [-0.05, 0) is 68.8 Å². The van der Waals surface area contributed by atoms with Gasteiger partial charge >= 0.3 is 0 Å². The first-order valence-corrected chi connectivity index (χ1v) is 11.4. The molecule has 0 aliphatic carbocycles. The lowest BCUT2D eigenvalue weighted by Gasteiger charge is -2.10. The number of nitriles is 1. The van der Waals surface area contributed by atoms with Crippen LogP contribution in [0.3, 0.4) is 0 Å². The highest BCUT2D eigenvalue weighted by Crippen LogP contribution is 2.24. The Morgan fingerprint density at radius 1 is 0.970 bits per heavy atom. The highest BCUT2D eigenvalue weighted by molar-refractivity contribution is 7.92. The molecule has 2 aromatic heterocycles. The molecule has 10 heteroatoms. The number of benzene rings is 2. The van der Waals surface area contributed by atoms with E-state index in [0.29, 0.717) is 17.3 Å². The SMILES string of the molecule is Cc1nn(-c2ccc(Oc3ccc(NS(=O)(=O)c4ccccc4C#N)cc3)nn2)c(C)c1C. The maximum Gasteiger partial charge on any atom is 0.263 e. The van der Waals surface area contributed by atoms with E-state index in [9.17, 15) is 8.42 Å². The van der Waals surface area contributed by atoms with Gasteiger partial charge in [0.25, 0.3) is 10.0 Å². The molecule has 0 saturated carbocycles. The molecule has 4 aromatic rings. The summed E-state index contributed by atoms with van der Waals surface area (Å²) in [6.07, 6.45) is 0. The minimum absolute atomic E-state index is 0.0719. The van der Waals surface area contributed by atoms with Gasteiger partial charge in [-0.3, -0.25) is 4.72 Å². The number of nitrogens with zero attached hydrogens (tertiary/aromatic N) is 5. The van der Waals surface area contributed by atoms with E-state index in [1.54, 1.807) is 53.2 Å². The molecule has 9 nitrogen and oxygen atoms in total. The van der Waals surface area contributed by atoms with Crippen LogP contribution < -0.4 is 9.46 Å². The molecule has 33 heavy (non-hydrogen) atoms. The van der Waals surface area contributed by atoms with Crippen molar-refractivity contribution in [2.45, 2.75) is 25.7 Å². The minimum Gasteiger partial charge on any atom is -0.438 e. The summed E-state index contributed by atoms with van der Waals surface area (Å²) >= 11 is 0. The largest absolute Gasteiger partial charge is 0.438 e. The van der Waals surface area contributed by atoms with Gasteiger partial charge in [-0.25, -0.2) is 13.1 Å². The van der Waals surface area contributed by atoms with E-state index in [1.165, 1.54) is 12.1 Å². The number of nitrogens with one attached hydrogen (secondary N) is 1. The fraction of sp³-hybridized carbons (Fsp3) is 0.130. The second-order valence-corrected chi connectivity index (χ2v) is 8.93. The Morgan fingerprint density at radius 3 is 2.30 bits per heavy atom. The Balaban J connectivity index is 1.47. The van der Waals surface area contributed by atoms with Crippen LogP contribution in [0.25, 0.3) is 5.82 Å². The molecule has 4 rings (SSSR count). The van der Waals surface area contributed by atoms with Crippen LogP contribution in [0, 0.1) is 32.1 Å². The predicted octanol–water partition coefficient (Wildman–Crippen LogP) is 4.05. The topological polar surface area (TPSA) is 123 Å². The third-order valence-electron chi connectivity index (χ3n) is 5.12. The molecular weight excluding hydrogens is 440 g/mol. The molecule has 0 atom stereocenters. The molecule has 2 heterocycles. The fourth-order valence-corrected chi connectivity index (χ4v) is 4.36. The summed E-state index contributed by atoms with van der Waals surface area (Å²) in [6.45, 7) is 5.91. The van der Waals surface area contributed by atoms with E-state index >= 15 is 0 Å². The molecule has 0 radical (unpaired) electrons. The zero-order valence-corrected chi connectivity index (χ0v) is 19.0. The first-order valence-electron chi connectivity index (χ1n) is 9.95. The number of ether oxygens (including phenoxy) is 1. The zero-order chi connectivity index (χ0) is 23.6. The third kappa shape index (κ3) is 4.53. The highest BCUT2D eigenvalue weighted by atomic mass is 32.2. The van der Waals surface area contributed by atoms with E-state index < -0.39 is 10.0 Å². The van der Waals surface area contributed by atoms with Gasteiger partial charge < -0.3 is 4.74 Å². The summed E-state index contributed by atoms with van der Waals surface area (Å²) in [6, 6.07) is 17.7. The van der Waals surface area contributed by atoms with Gasteiger partial charge in [0, 0.05) is 17.4 Å². The summed E-state index contributed by atoms with van der Waals surface area (Å²) in [7, 11) is -3.91. The first kappa shape index (κ1) is 22.0. The van der Waals surface area contributed by atoms with Crippen molar-refractivity contribution in [3.05, 3.63) is 83.2 Å². The molecule has 166 valence electrons. The van der Waals surface area contributed by atoms with Crippen molar-refractivity contribution in [2.24, 2.45) is 0 Å². The standard InChI is InChI=1S/C23H20N6O3S/c1-15-16(2)27-29(17(15)3)22-12-13-23(26-25-22)32-20-10-8-19(9-11-20)28-33(30,31)21-7-5-4-6-18(21)14-24/h4-13,28H,1-3H3. The zero-order valence-electron chi connectivity index (χ0n) is 18.1. The van der Waals surface area contributed by atoms with Crippen molar-refractivity contribution in [3.63, 3.8) is 0 Å². The van der Waals surface area contributed by atoms with Crippen molar-refractivity contribution in [1.82, 2.24) is 20.0 Å². The second-order valence-electron chi connectivity index (χ2n) is 7.28. The monoisotopic (exact) mass is 460 g/mol. The number of sulfonamides is 1. The first-order chi connectivity index (χ1) is 15.8. The molecule has 0 bridgehead atoms. The molecule has 0 spiro atoms. The van der Waals surface area contributed by atoms with Crippen LogP contribution in [0.2, 0.25) is 0 Å². The number of anilines is 1. The highest BCUT2D eigenvalue weighted by Gasteiger charge is 2.18. The van der Waals surface area contributed by atoms with Crippen LogP contribution in [0.1, 0.15) is 22.5 Å². The Bertz CT molecular complexity index is 1450. The fourth-order valence-electron chi connectivity index (χ4n) is 3.14. The molecule has 2 aromatic carbocycles. The van der Waals surface area contributed by atoms with Crippen molar-refractivity contribution >= 4 is 15.7 Å². The average molecular weight is 461 g/mol. The molecule has 0 fully saturated rings. The predicted molar refractivity (Wildman–Crippen MR) is 122 cm³/mol. The van der Waals surface area contributed by atoms with E-state index in [4.69, 9.17) is 10.00 Å². The van der Waals surface area contributed by atoms with Gasteiger partial charge in [0.05, 0.1) is 11.3 Å². The lowest BCUT2D eigenvalue weighted by molar-refractivity contribution is 0.454. The lowest BCUT2D eigenvalue weighted by Crippen LogP contribution is -2.14. The summed E-state index contributed by atoms with van der Waals surface area (Å²) in [4.78, 5) is -0.0824. The number of hydrogen-bond acceptors (Lipinski definition) is 7. The molecule has 0 saturated heterocycles. The van der Waals surface area contributed by atoms with Crippen LogP contribution in [0.4, 0.5) is 5.69 Å². The van der Waals surface area contributed by atoms with Crippen molar-refractivity contribution in [2.75, 3.05) is 4.72 Å². The van der Waals surface area contributed by atoms with E-state index in [2.05, 4.69) is 20.0 Å². The minimum atomic E-state index is -3.91. The maximum absolute atomic E-state index is 12.6. The number of aromatic nitrogens is 4. The van der Waals surface area contributed by atoms with Crippen LogP contribution >= 0.6 is 0 Å². The number of hydrogen-bond donors (Lipinski definition) is 1. The van der Waals surface area contributed by atoms with Gasteiger partial charge in [0.1, 0.15) is 16.7 Å². The average Bonchev–Trinajstić information content (AvgIpc) is 3.08.